The van der Waals surface area contributed by atoms with Gasteiger partial charge in [-0.2, -0.15) is 13.2 Å². The largest absolute Gasteiger partial charge is 0.416 e. The van der Waals surface area contributed by atoms with Crippen LogP contribution in [0.4, 0.5) is 29.5 Å². The Morgan fingerprint density at radius 1 is 0.972 bits per heavy atom. The summed E-state index contributed by atoms with van der Waals surface area (Å²) in [6.45, 7) is 6.35. The zero-order valence-electron chi connectivity index (χ0n) is 20.5. The third kappa shape index (κ3) is 6.13. The van der Waals surface area contributed by atoms with Crippen LogP contribution in [0.2, 0.25) is 0 Å². The number of amides is 2. The number of nitrogens with one attached hydrogen (secondary N) is 1. The van der Waals surface area contributed by atoms with E-state index in [9.17, 15) is 18.0 Å². The first-order valence-electron chi connectivity index (χ1n) is 12.1. The molecule has 3 aromatic rings. The fourth-order valence-electron chi connectivity index (χ4n) is 4.45. The van der Waals surface area contributed by atoms with Gasteiger partial charge in [-0.1, -0.05) is 37.3 Å². The van der Waals surface area contributed by atoms with Gasteiger partial charge in [-0.05, 0) is 49.6 Å². The Kier molecular flexibility index (Phi) is 7.76. The van der Waals surface area contributed by atoms with Crippen molar-refractivity contribution >= 4 is 17.5 Å². The zero-order chi connectivity index (χ0) is 25.7. The van der Waals surface area contributed by atoms with Gasteiger partial charge in [0.1, 0.15) is 11.6 Å². The first-order valence-corrected chi connectivity index (χ1v) is 12.1. The molecule has 36 heavy (non-hydrogen) atoms. The molecule has 0 radical (unpaired) electrons. The molecule has 1 aliphatic rings. The van der Waals surface area contributed by atoms with Gasteiger partial charge in [0.25, 0.3) is 0 Å². The van der Waals surface area contributed by atoms with Crippen LogP contribution in [0.25, 0.3) is 0 Å². The summed E-state index contributed by atoms with van der Waals surface area (Å²) in [5.74, 6) is 1.63. The number of nitrogens with zero attached hydrogens (tertiary/aromatic N) is 4. The second-order valence-electron chi connectivity index (χ2n) is 8.87. The number of halogens is 3. The molecule has 2 amide bonds. The molecule has 0 bridgehead atoms. The number of hydrogen-bond donors (Lipinski definition) is 1. The van der Waals surface area contributed by atoms with Crippen LogP contribution in [0.1, 0.15) is 41.6 Å². The predicted octanol–water partition coefficient (Wildman–Crippen LogP) is 5.70. The van der Waals surface area contributed by atoms with Gasteiger partial charge < -0.3 is 15.1 Å². The lowest BCUT2D eigenvalue weighted by Gasteiger charge is -2.26. The molecule has 0 saturated carbocycles. The first kappa shape index (κ1) is 25.5. The van der Waals surface area contributed by atoms with Gasteiger partial charge in [0.2, 0.25) is 0 Å². The van der Waals surface area contributed by atoms with Crippen molar-refractivity contribution in [3.63, 3.8) is 0 Å². The summed E-state index contributed by atoms with van der Waals surface area (Å²) in [4.78, 5) is 26.3. The highest BCUT2D eigenvalue weighted by molar-refractivity contribution is 5.89. The molecule has 9 heteroatoms. The van der Waals surface area contributed by atoms with Crippen LogP contribution in [-0.4, -0.2) is 47.1 Å². The van der Waals surface area contributed by atoms with Crippen LogP contribution in [0.5, 0.6) is 0 Å². The lowest BCUT2D eigenvalue weighted by molar-refractivity contribution is -0.137. The lowest BCUT2D eigenvalue weighted by atomic mass is 10.0. The molecular formula is C27H30F3N5O. The molecule has 0 aliphatic carbocycles. The van der Waals surface area contributed by atoms with E-state index in [-0.39, 0.29) is 6.03 Å². The number of anilines is 2. The van der Waals surface area contributed by atoms with E-state index in [2.05, 4.69) is 29.3 Å². The number of carbonyl (C=O) groups excluding carboxylic acids is 1. The number of alkyl halides is 3. The summed E-state index contributed by atoms with van der Waals surface area (Å²) in [7, 11) is 0. The third-order valence-electron chi connectivity index (χ3n) is 6.29. The molecule has 4 rings (SSSR count). The van der Waals surface area contributed by atoms with Gasteiger partial charge in [-0.25, -0.2) is 14.8 Å². The van der Waals surface area contributed by atoms with Crippen LogP contribution >= 0.6 is 0 Å². The number of aryl methyl sites for hydroxylation is 2. The number of aromatic nitrogens is 2. The Bertz CT molecular complexity index is 1180. The summed E-state index contributed by atoms with van der Waals surface area (Å²) in [5.41, 5.74) is 2.91. The predicted molar refractivity (Wildman–Crippen MR) is 134 cm³/mol. The third-order valence-corrected chi connectivity index (χ3v) is 6.29. The summed E-state index contributed by atoms with van der Waals surface area (Å²) in [6, 6.07) is 14.4. The number of urea groups is 1. The van der Waals surface area contributed by atoms with E-state index in [0.29, 0.717) is 25.3 Å². The summed E-state index contributed by atoms with van der Waals surface area (Å²) >= 11 is 0. The van der Waals surface area contributed by atoms with Gasteiger partial charge in [-0.3, -0.25) is 0 Å². The van der Waals surface area contributed by atoms with E-state index in [1.807, 2.05) is 25.1 Å². The van der Waals surface area contributed by atoms with Gasteiger partial charge in [0.05, 0.1) is 5.56 Å². The van der Waals surface area contributed by atoms with Crippen LogP contribution in [0, 0.1) is 6.92 Å². The van der Waals surface area contributed by atoms with E-state index >= 15 is 0 Å². The van der Waals surface area contributed by atoms with E-state index < -0.39 is 11.7 Å². The maximum atomic E-state index is 12.9. The van der Waals surface area contributed by atoms with Crippen LogP contribution in [0.15, 0.2) is 54.6 Å². The van der Waals surface area contributed by atoms with Crippen molar-refractivity contribution in [2.24, 2.45) is 0 Å². The Morgan fingerprint density at radius 2 is 1.69 bits per heavy atom. The van der Waals surface area contributed by atoms with Crippen molar-refractivity contribution in [1.29, 1.82) is 0 Å². The monoisotopic (exact) mass is 497 g/mol. The van der Waals surface area contributed by atoms with E-state index in [1.165, 1.54) is 17.7 Å². The van der Waals surface area contributed by atoms with E-state index in [0.717, 1.165) is 60.8 Å². The molecule has 0 unspecified atom stereocenters. The SMILES string of the molecule is CCc1nc(C)nc(N2CCCN(C(=O)Nc3ccc(C(F)(F)F)cc3)CC2)c1Cc1ccccc1. The van der Waals surface area contributed by atoms with Crippen molar-refractivity contribution in [3.05, 3.63) is 82.8 Å². The number of rotatable bonds is 5. The molecule has 0 atom stereocenters. The van der Waals surface area contributed by atoms with E-state index in [1.54, 1.807) is 4.90 Å². The Morgan fingerprint density at radius 3 is 2.36 bits per heavy atom. The second-order valence-corrected chi connectivity index (χ2v) is 8.87. The Labute approximate surface area is 209 Å². The molecule has 2 aromatic carbocycles. The molecule has 1 aliphatic heterocycles. The lowest BCUT2D eigenvalue weighted by Crippen LogP contribution is -2.38. The molecule has 1 N–H and O–H groups in total. The average Bonchev–Trinajstić information content (AvgIpc) is 3.12. The maximum Gasteiger partial charge on any atom is 0.416 e. The summed E-state index contributed by atoms with van der Waals surface area (Å²) in [5, 5.41) is 2.72. The quantitative estimate of drug-likeness (QED) is 0.491. The van der Waals surface area contributed by atoms with Gasteiger partial charge in [-0.15, -0.1) is 0 Å². The highest BCUT2D eigenvalue weighted by Crippen LogP contribution is 2.30. The summed E-state index contributed by atoms with van der Waals surface area (Å²) in [6.07, 6.45) is -2.13. The van der Waals surface area contributed by atoms with Crippen molar-refractivity contribution < 1.29 is 18.0 Å². The molecule has 190 valence electrons. The van der Waals surface area contributed by atoms with Crippen molar-refractivity contribution in [2.45, 2.75) is 39.3 Å². The smallest absolute Gasteiger partial charge is 0.354 e. The molecular weight excluding hydrogens is 467 g/mol. The zero-order valence-corrected chi connectivity index (χ0v) is 20.5. The van der Waals surface area contributed by atoms with Crippen LogP contribution in [0.3, 0.4) is 0 Å². The highest BCUT2D eigenvalue weighted by Gasteiger charge is 2.30. The van der Waals surface area contributed by atoms with Crippen molar-refractivity contribution in [1.82, 2.24) is 14.9 Å². The van der Waals surface area contributed by atoms with Gasteiger partial charge in [0.15, 0.2) is 0 Å². The minimum Gasteiger partial charge on any atom is -0.354 e. The summed E-state index contributed by atoms with van der Waals surface area (Å²) < 4.78 is 38.4. The molecule has 0 spiro atoms. The fraction of sp³-hybridized carbons (Fsp3) is 0.370. The van der Waals surface area contributed by atoms with E-state index in [4.69, 9.17) is 9.97 Å². The first-order chi connectivity index (χ1) is 17.2. The standard InChI is InChI=1S/C27H30F3N5O/c1-3-24-23(18-20-8-5-4-6-9-20)25(32-19(2)31-24)34-14-7-15-35(17-16-34)26(36)33-22-12-10-21(11-13-22)27(28,29)30/h4-6,8-13H,3,7,14-18H2,1-2H3,(H,33,36). The molecule has 1 fully saturated rings. The molecule has 6 nitrogen and oxygen atoms in total. The Hall–Kier alpha value is -3.62. The molecule has 1 aromatic heterocycles. The minimum atomic E-state index is -4.41. The number of hydrogen-bond acceptors (Lipinski definition) is 4. The Balaban J connectivity index is 1.48. The van der Waals surface area contributed by atoms with Gasteiger partial charge >= 0.3 is 12.2 Å². The van der Waals surface area contributed by atoms with Crippen LogP contribution in [-0.2, 0) is 19.0 Å². The number of benzene rings is 2. The molecule has 1 saturated heterocycles. The number of carbonyl (C=O) groups is 1. The van der Waals surface area contributed by atoms with Gasteiger partial charge in [0, 0.05) is 49.5 Å². The van der Waals surface area contributed by atoms with Crippen molar-refractivity contribution in [2.75, 3.05) is 36.4 Å². The van der Waals surface area contributed by atoms with Crippen molar-refractivity contribution in [3.8, 4) is 0 Å². The highest BCUT2D eigenvalue weighted by atomic mass is 19.4. The fourth-order valence-corrected chi connectivity index (χ4v) is 4.45. The topological polar surface area (TPSA) is 61.4 Å². The maximum absolute atomic E-state index is 12.9. The minimum absolute atomic E-state index is 0.325. The normalized spacial score (nSPS) is 14.5. The van der Waals surface area contributed by atoms with Crippen LogP contribution < -0.4 is 10.2 Å². The average molecular weight is 498 g/mol. The molecule has 2 heterocycles. The second kappa shape index (κ2) is 11.0.